The molecular formula is C13H12F3N3S. The van der Waals surface area contributed by atoms with Crippen molar-refractivity contribution in [2.45, 2.75) is 17.7 Å². The lowest BCUT2D eigenvalue weighted by Crippen LogP contribution is -2.07. The van der Waals surface area contributed by atoms with E-state index in [-0.39, 0.29) is 6.54 Å². The first-order valence-electron chi connectivity index (χ1n) is 5.75. The van der Waals surface area contributed by atoms with E-state index < -0.39 is 11.7 Å². The van der Waals surface area contributed by atoms with E-state index in [1.165, 1.54) is 24.2 Å². The molecule has 20 heavy (non-hydrogen) atoms. The van der Waals surface area contributed by atoms with Crippen molar-refractivity contribution in [2.24, 2.45) is 0 Å². The van der Waals surface area contributed by atoms with Crippen molar-refractivity contribution < 1.29 is 13.2 Å². The highest BCUT2D eigenvalue weighted by Crippen LogP contribution is 2.29. The van der Waals surface area contributed by atoms with Crippen LogP contribution < -0.4 is 5.32 Å². The molecule has 0 radical (unpaired) electrons. The van der Waals surface area contributed by atoms with Gasteiger partial charge in [0.1, 0.15) is 17.2 Å². The molecule has 1 aromatic heterocycles. The Morgan fingerprint density at radius 3 is 2.70 bits per heavy atom. The summed E-state index contributed by atoms with van der Waals surface area (Å²) in [5.41, 5.74) is -0.103. The molecule has 0 saturated heterocycles. The predicted molar refractivity (Wildman–Crippen MR) is 72.6 cm³/mol. The van der Waals surface area contributed by atoms with Gasteiger partial charge in [0.05, 0.1) is 5.56 Å². The van der Waals surface area contributed by atoms with Crippen molar-refractivity contribution in [1.29, 1.82) is 0 Å². The van der Waals surface area contributed by atoms with Crippen molar-refractivity contribution in [3.8, 4) is 0 Å². The topological polar surface area (TPSA) is 37.8 Å². The zero-order chi connectivity index (χ0) is 14.6. The number of thioether (sulfide) groups is 1. The summed E-state index contributed by atoms with van der Waals surface area (Å²) in [6, 6.07) is 6.97. The first kappa shape index (κ1) is 14.6. The zero-order valence-electron chi connectivity index (χ0n) is 10.6. The number of halogens is 3. The van der Waals surface area contributed by atoms with Gasteiger partial charge in [0.15, 0.2) is 0 Å². The van der Waals surface area contributed by atoms with Crippen LogP contribution in [-0.2, 0) is 12.7 Å². The Morgan fingerprint density at radius 2 is 2.00 bits per heavy atom. The standard InChI is InChI=1S/C13H12F3N3S/c1-20-12-6-11(18-8-19-12)17-7-9-3-2-4-10(5-9)13(14,15)16/h2-6,8H,7H2,1H3,(H,17,18,19). The van der Waals surface area contributed by atoms with Crippen LogP contribution in [0, 0.1) is 0 Å². The van der Waals surface area contributed by atoms with Crippen LogP contribution in [0.25, 0.3) is 0 Å². The number of alkyl halides is 3. The van der Waals surface area contributed by atoms with Gasteiger partial charge in [0, 0.05) is 12.6 Å². The summed E-state index contributed by atoms with van der Waals surface area (Å²) in [6.07, 6.45) is -1.02. The molecule has 0 aliphatic heterocycles. The molecule has 0 spiro atoms. The van der Waals surface area contributed by atoms with E-state index in [4.69, 9.17) is 0 Å². The number of benzene rings is 1. The molecule has 3 nitrogen and oxygen atoms in total. The van der Waals surface area contributed by atoms with E-state index in [1.54, 1.807) is 12.1 Å². The molecule has 7 heteroatoms. The van der Waals surface area contributed by atoms with Gasteiger partial charge in [-0.3, -0.25) is 0 Å². The van der Waals surface area contributed by atoms with Crippen LogP contribution in [0.1, 0.15) is 11.1 Å². The average molecular weight is 299 g/mol. The summed E-state index contributed by atoms with van der Waals surface area (Å²) in [6.45, 7) is 0.273. The van der Waals surface area contributed by atoms with Gasteiger partial charge in [-0.25, -0.2) is 9.97 Å². The number of hydrogen-bond donors (Lipinski definition) is 1. The van der Waals surface area contributed by atoms with Gasteiger partial charge in [-0.1, -0.05) is 12.1 Å². The second-order valence-corrected chi connectivity index (χ2v) is 4.82. The Hall–Kier alpha value is -1.76. The minimum Gasteiger partial charge on any atom is -0.366 e. The first-order chi connectivity index (χ1) is 9.49. The van der Waals surface area contributed by atoms with Crippen LogP contribution in [0.5, 0.6) is 0 Å². The summed E-state index contributed by atoms with van der Waals surface area (Å²) in [5.74, 6) is 0.585. The molecule has 106 valence electrons. The number of nitrogens with zero attached hydrogens (tertiary/aromatic N) is 2. The van der Waals surface area contributed by atoms with Crippen LogP contribution in [0.3, 0.4) is 0 Å². The summed E-state index contributed by atoms with van der Waals surface area (Å²) in [5, 5.41) is 3.78. The second kappa shape index (κ2) is 6.13. The Morgan fingerprint density at radius 1 is 1.20 bits per heavy atom. The fourth-order valence-electron chi connectivity index (χ4n) is 1.60. The highest BCUT2D eigenvalue weighted by Gasteiger charge is 2.30. The van der Waals surface area contributed by atoms with Crippen LogP contribution in [0.15, 0.2) is 41.7 Å². The largest absolute Gasteiger partial charge is 0.416 e. The smallest absolute Gasteiger partial charge is 0.366 e. The van der Waals surface area contributed by atoms with Gasteiger partial charge in [-0.05, 0) is 24.0 Å². The lowest BCUT2D eigenvalue weighted by molar-refractivity contribution is -0.137. The van der Waals surface area contributed by atoms with Crippen molar-refractivity contribution in [3.63, 3.8) is 0 Å². The first-order valence-corrected chi connectivity index (χ1v) is 6.97. The SMILES string of the molecule is CSc1cc(NCc2cccc(C(F)(F)F)c2)ncn1. The second-order valence-electron chi connectivity index (χ2n) is 4.00. The number of aromatic nitrogens is 2. The fraction of sp³-hybridized carbons (Fsp3) is 0.231. The molecule has 0 bridgehead atoms. The summed E-state index contributed by atoms with van der Waals surface area (Å²) in [7, 11) is 0. The summed E-state index contributed by atoms with van der Waals surface area (Å²) in [4.78, 5) is 8.04. The molecular weight excluding hydrogens is 287 g/mol. The molecule has 0 fully saturated rings. The Balaban J connectivity index is 2.07. The maximum Gasteiger partial charge on any atom is 0.416 e. The average Bonchev–Trinajstić information content (AvgIpc) is 2.45. The summed E-state index contributed by atoms with van der Waals surface area (Å²) >= 11 is 1.47. The van der Waals surface area contributed by atoms with Gasteiger partial charge in [-0.15, -0.1) is 11.8 Å². The third-order valence-corrected chi connectivity index (χ3v) is 3.22. The highest BCUT2D eigenvalue weighted by atomic mass is 32.2. The zero-order valence-corrected chi connectivity index (χ0v) is 11.4. The number of anilines is 1. The Bertz CT molecular complexity index is 587. The van der Waals surface area contributed by atoms with Crippen molar-refractivity contribution >= 4 is 17.6 Å². The minimum absolute atomic E-state index is 0.273. The van der Waals surface area contributed by atoms with E-state index >= 15 is 0 Å². The van der Waals surface area contributed by atoms with Crippen LogP contribution in [0.4, 0.5) is 19.0 Å². The van der Waals surface area contributed by atoms with Crippen molar-refractivity contribution in [2.75, 3.05) is 11.6 Å². The predicted octanol–water partition coefficient (Wildman–Crippen LogP) is 3.83. The van der Waals surface area contributed by atoms with Gasteiger partial charge in [0.25, 0.3) is 0 Å². The van der Waals surface area contributed by atoms with E-state index in [2.05, 4.69) is 15.3 Å². The van der Waals surface area contributed by atoms with E-state index in [0.717, 1.165) is 17.2 Å². The molecule has 0 aliphatic carbocycles. The molecule has 0 saturated carbocycles. The quantitative estimate of drug-likeness (QED) is 0.688. The molecule has 1 heterocycles. The van der Waals surface area contributed by atoms with Crippen LogP contribution >= 0.6 is 11.8 Å². The summed E-state index contributed by atoms with van der Waals surface area (Å²) < 4.78 is 37.8. The third kappa shape index (κ3) is 3.86. The number of hydrogen-bond acceptors (Lipinski definition) is 4. The van der Waals surface area contributed by atoms with E-state index in [9.17, 15) is 13.2 Å². The maximum absolute atomic E-state index is 12.6. The van der Waals surface area contributed by atoms with Gasteiger partial charge in [0.2, 0.25) is 0 Å². The molecule has 0 unspecified atom stereocenters. The lowest BCUT2D eigenvalue weighted by Gasteiger charge is -2.10. The van der Waals surface area contributed by atoms with Crippen molar-refractivity contribution in [1.82, 2.24) is 9.97 Å². The maximum atomic E-state index is 12.6. The monoisotopic (exact) mass is 299 g/mol. The molecule has 1 N–H and O–H groups in total. The molecule has 0 atom stereocenters. The minimum atomic E-state index is -4.32. The Kier molecular flexibility index (Phi) is 4.49. The van der Waals surface area contributed by atoms with Crippen molar-refractivity contribution in [3.05, 3.63) is 47.8 Å². The molecule has 1 aromatic carbocycles. The third-order valence-electron chi connectivity index (χ3n) is 2.58. The van der Waals surface area contributed by atoms with E-state index in [0.29, 0.717) is 11.4 Å². The van der Waals surface area contributed by atoms with Crippen LogP contribution in [0.2, 0.25) is 0 Å². The fourth-order valence-corrected chi connectivity index (χ4v) is 1.98. The van der Waals surface area contributed by atoms with Gasteiger partial charge >= 0.3 is 6.18 Å². The number of nitrogens with one attached hydrogen (secondary N) is 1. The number of rotatable bonds is 4. The molecule has 2 rings (SSSR count). The van der Waals surface area contributed by atoms with Crippen LogP contribution in [-0.4, -0.2) is 16.2 Å². The lowest BCUT2D eigenvalue weighted by atomic mass is 10.1. The molecule has 2 aromatic rings. The Labute approximate surface area is 118 Å². The molecule has 0 aliphatic rings. The van der Waals surface area contributed by atoms with E-state index in [1.807, 2.05) is 6.26 Å². The molecule has 0 amide bonds. The highest BCUT2D eigenvalue weighted by molar-refractivity contribution is 7.98. The van der Waals surface area contributed by atoms with Gasteiger partial charge < -0.3 is 5.32 Å². The van der Waals surface area contributed by atoms with Gasteiger partial charge in [-0.2, -0.15) is 13.2 Å². The normalized spacial score (nSPS) is 11.4.